The highest BCUT2D eigenvalue weighted by molar-refractivity contribution is 5.84. The summed E-state index contributed by atoms with van der Waals surface area (Å²) in [6.45, 7) is 4.51. The van der Waals surface area contributed by atoms with Crippen LogP contribution in [0.4, 0.5) is 0 Å². The van der Waals surface area contributed by atoms with E-state index in [1.807, 2.05) is 0 Å². The first-order valence-corrected chi connectivity index (χ1v) is 21.7. The zero-order valence-corrected chi connectivity index (χ0v) is 32.6. The SMILES string of the molecule is CCCCCCCCCCCCCCCCCCCCCC(=O)N[C@@H](CO)C(=O)OCCCCCCCCCCCCCCCCCC. The molecule has 0 aliphatic heterocycles. The number of rotatable bonds is 40. The van der Waals surface area contributed by atoms with Crippen LogP contribution in [0.5, 0.6) is 0 Å². The zero-order valence-electron chi connectivity index (χ0n) is 32.6. The van der Waals surface area contributed by atoms with E-state index in [9.17, 15) is 14.7 Å². The lowest BCUT2D eigenvalue weighted by Gasteiger charge is -2.15. The van der Waals surface area contributed by atoms with E-state index in [0.717, 1.165) is 32.1 Å². The molecule has 2 N–H and O–H groups in total. The Bertz CT molecular complexity index is 655. The number of unbranched alkanes of at least 4 members (excludes halogenated alkanes) is 33. The average molecular weight is 680 g/mol. The molecule has 0 aromatic rings. The van der Waals surface area contributed by atoms with Crippen LogP contribution in [-0.4, -0.2) is 36.2 Å². The third kappa shape index (κ3) is 36.2. The Balaban J connectivity index is 3.47. The fraction of sp³-hybridized carbons (Fsp3) is 0.953. The first-order valence-electron chi connectivity index (χ1n) is 21.7. The summed E-state index contributed by atoms with van der Waals surface area (Å²) in [6.07, 6.45) is 46.5. The molecule has 5 heteroatoms. The maximum atomic E-state index is 12.3. The topological polar surface area (TPSA) is 75.6 Å². The third-order valence-corrected chi connectivity index (χ3v) is 10.1. The highest BCUT2D eigenvalue weighted by Gasteiger charge is 2.21. The molecule has 1 atom stereocenters. The first-order chi connectivity index (χ1) is 23.7. The minimum Gasteiger partial charge on any atom is -0.464 e. The summed E-state index contributed by atoms with van der Waals surface area (Å²) in [6, 6.07) is -0.945. The Morgan fingerprint density at radius 3 is 1.00 bits per heavy atom. The van der Waals surface area contributed by atoms with Crippen molar-refractivity contribution in [3.8, 4) is 0 Å². The molecule has 0 bridgehead atoms. The summed E-state index contributed by atoms with van der Waals surface area (Å²) in [4.78, 5) is 24.6. The van der Waals surface area contributed by atoms with Crippen LogP contribution in [0, 0.1) is 0 Å². The number of hydrogen-bond donors (Lipinski definition) is 2. The van der Waals surface area contributed by atoms with Gasteiger partial charge in [0.05, 0.1) is 13.2 Å². The Morgan fingerprint density at radius 1 is 0.438 bits per heavy atom. The molecule has 286 valence electrons. The predicted molar refractivity (Wildman–Crippen MR) is 208 cm³/mol. The summed E-state index contributed by atoms with van der Waals surface area (Å²) >= 11 is 0. The second-order valence-corrected chi connectivity index (χ2v) is 14.9. The second-order valence-electron chi connectivity index (χ2n) is 14.9. The predicted octanol–water partition coefficient (Wildman–Crippen LogP) is 13.1. The smallest absolute Gasteiger partial charge is 0.331 e. The molecule has 0 aromatic carbocycles. The summed E-state index contributed by atoms with van der Waals surface area (Å²) < 4.78 is 5.35. The maximum Gasteiger partial charge on any atom is 0.331 e. The molecule has 0 radical (unpaired) electrons. The average Bonchev–Trinajstić information content (AvgIpc) is 3.09. The molecule has 0 fully saturated rings. The molecule has 0 spiro atoms. The molecule has 0 aliphatic carbocycles. The first kappa shape index (κ1) is 46.9. The normalized spacial score (nSPS) is 12.0. The molecular formula is C43H85NO4. The van der Waals surface area contributed by atoms with Crippen LogP contribution < -0.4 is 5.32 Å². The largest absolute Gasteiger partial charge is 0.464 e. The summed E-state index contributed by atoms with van der Waals surface area (Å²) in [7, 11) is 0. The Labute approximate surface area is 300 Å². The van der Waals surface area contributed by atoms with E-state index in [1.54, 1.807) is 0 Å². The fourth-order valence-corrected chi connectivity index (χ4v) is 6.73. The van der Waals surface area contributed by atoms with Gasteiger partial charge in [-0.25, -0.2) is 4.79 Å². The number of carbonyl (C=O) groups excluding carboxylic acids is 2. The van der Waals surface area contributed by atoms with Gasteiger partial charge in [0, 0.05) is 6.42 Å². The van der Waals surface area contributed by atoms with Crippen molar-refractivity contribution < 1.29 is 19.4 Å². The van der Waals surface area contributed by atoms with Crippen molar-refractivity contribution in [3.05, 3.63) is 0 Å². The molecule has 0 heterocycles. The fourth-order valence-electron chi connectivity index (χ4n) is 6.73. The summed E-state index contributed by atoms with van der Waals surface area (Å²) in [5, 5.41) is 12.3. The van der Waals surface area contributed by atoms with Crippen molar-refractivity contribution in [2.75, 3.05) is 13.2 Å². The number of aliphatic hydroxyl groups excluding tert-OH is 1. The van der Waals surface area contributed by atoms with Gasteiger partial charge in [0.25, 0.3) is 0 Å². The lowest BCUT2D eigenvalue weighted by atomic mass is 10.0. The molecule has 48 heavy (non-hydrogen) atoms. The van der Waals surface area contributed by atoms with Crippen molar-refractivity contribution >= 4 is 11.9 Å². The van der Waals surface area contributed by atoms with Crippen molar-refractivity contribution in [2.24, 2.45) is 0 Å². The van der Waals surface area contributed by atoms with E-state index < -0.39 is 18.6 Å². The molecule has 5 nitrogen and oxygen atoms in total. The van der Waals surface area contributed by atoms with E-state index in [-0.39, 0.29) is 5.91 Å². The standard InChI is InChI=1S/C43H85NO4/c1-3-5-7-9-11-13-15-17-19-21-22-23-24-26-28-30-32-34-36-38-42(46)44-41(40-45)43(47)48-39-37-35-33-31-29-27-25-20-18-16-14-12-10-8-6-4-2/h41,45H,3-40H2,1-2H3,(H,44,46)/t41-/m0/s1. The van der Waals surface area contributed by atoms with E-state index in [4.69, 9.17) is 4.74 Å². The molecule has 0 aliphatic rings. The lowest BCUT2D eigenvalue weighted by Crippen LogP contribution is -2.44. The molecule has 0 rings (SSSR count). The van der Waals surface area contributed by atoms with E-state index in [2.05, 4.69) is 19.2 Å². The van der Waals surface area contributed by atoms with E-state index in [0.29, 0.717) is 13.0 Å². The summed E-state index contributed by atoms with van der Waals surface area (Å²) in [5.41, 5.74) is 0. The van der Waals surface area contributed by atoms with Crippen LogP contribution in [-0.2, 0) is 14.3 Å². The van der Waals surface area contributed by atoms with Gasteiger partial charge in [0.1, 0.15) is 0 Å². The van der Waals surface area contributed by atoms with Gasteiger partial charge >= 0.3 is 5.97 Å². The van der Waals surface area contributed by atoms with Gasteiger partial charge in [0.15, 0.2) is 6.04 Å². The number of esters is 1. The van der Waals surface area contributed by atoms with Gasteiger partial charge in [0.2, 0.25) is 5.91 Å². The molecule has 0 saturated carbocycles. The van der Waals surface area contributed by atoms with E-state index >= 15 is 0 Å². The zero-order chi connectivity index (χ0) is 35.0. The van der Waals surface area contributed by atoms with Gasteiger partial charge in [-0.1, -0.05) is 226 Å². The van der Waals surface area contributed by atoms with Crippen LogP contribution in [0.25, 0.3) is 0 Å². The van der Waals surface area contributed by atoms with Gasteiger partial charge in [-0.05, 0) is 12.8 Å². The van der Waals surface area contributed by atoms with Crippen LogP contribution in [0.2, 0.25) is 0 Å². The van der Waals surface area contributed by atoms with Crippen molar-refractivity contribution in [1.29, 1.82) is 0 Å². The van der Waals surface area contributed by atoms with Crippen molar-refractivity contribution in [1.82, 2.24) is 5.32 Å². The molecule has 0 saturated heterocycles. The lowest BCUT2D eigenvalue weighted by molar-refractivity contribution is -0.149. The van der Waals surface area contributed by atoms with E-state index in [1.165, 1.54) is 193 Å². The molecule has 0 unspecified atom stereocenters. The number of nitrogens with one attached hydrogen (secondary N) is 1. The Hall–Kier alpha value is -1.10. The highest BCUT2D eigenvalue weighted by Crippen LogP contribution is 2.16. The van der Waals surface area contributed by atoms with Crippen LogP contribution in [0.3, 0.4) is 0 Å². The molecular weight excluding hydrogens is 594 g/mol. The number of carbonyl (C=O) groups is 2. The van der Waals surface area contributed by atoms with Gasteiger partial charge in [-0.2, -0.15) is 0 Å². The number of aliphatic hydroxyl groups is 1. The number of amides is 1. The molecule has 1 amide bonds. The van der Waals surface area contributed by atoms with Gasteiger partial charge < -0.3 is 15.2 Å². The monoisotopic (exact) mass is 680 g/mol. The van der Waals surface area contributed by atoms with Crippen molar-refractivity contribution in [3.63, 3.8) is 0 Å². The number of hydrogen-bond acceptors (Lipinski definition) is 4. The minimum absolute atomic E-state index is 0.166. The van der Waals surface area contributed by atoms with Crippen LogP contribution in [0.15, 0.2) is 0 Å². The van der Waals surface area contributed by atoms with Gasteiger partial charge in [-0.3, -0.25) is 4.79 Å². The maximum absolute atomic E-state index is 12.3. The highest BCUT2D eigenvalue weighted by atomic mass is 16.5. The Morgan fingerprint density at radius 2 is 0.708 bits per heavy atom. The van der Waals surface area contributed by atoms with Crippen LogP contribution in [0.1, 0.15) is 245 Å². The minimum atomic E-state index is -0.945. The summed E-state index contributed by atoms with van der Waals surface area (Å²) in [5.74, 6) is -0.680. The van der Waals surface area contributed by atoms with Gasteiger partial charge in [-0.15, -0.1) is 0 Å². The second kappa shape index (κ2) is 40.3. The van der Waals surface area contributed by atoms with Crippen LogP contribution >= 0.6 is 0 Å². The number of ether oxygens (including phenoxy) is 1. The quantitative estimate of drug-likeness (QED) is 0.0499. The molecule has 0 aromatic heterocycles. The Kier molecular flexibility index (Phi) is 39.4. The third-order valence-electron chi connectivity index (χ3n) is 10.1. The van der Waals surface area contributed by atoms with Crippen molar-refractivity contribution in [2.45, 2.75) is 251 Å².